The normalized spacial score (nSPS) is 24.6. The lowest BCUT2D eigenvalue weighted by Gasteiger charge is -2.33. The Hall–Kier alpha value is -0.930. The zero-order valence-corrected chi connectivity index (χ0v) is 11.9. The molecule has 1 aliphatic heterocycles. The molecule has 1 aliphatic carbocycles. The van der Waals surface area contributed by atoms with Crippen molar-refractivity contribution in [2.45, 2.75) is 57.7 Å². The summed E-state index contributed by atoms with van der Waals surface area (Å²) in [6, 6.07) is 5.79. The van der Waals surface area contributed by atoms with Crippen LogP contribution in [0.15, 0.2) is 18.3 Å². The Bertz CT molecular complexity index is 414. The fourth-order valence-electron chi connectivity index (χ4n) is 3.07. The molecule has 1 aromatic rings. The van der Waals surface area contributed by atoms with Gasteiger partial charge in [0.1, 0.15) is 0 Å². The smallest absolute Gasteiger partial charge is 0.0575 e. The van der Waals surface area contributed by atoms with Gasteiger partial charge in [0.15, 0.2) is 0 Å². The minimum atomic E-state index is 0.704. The molecular weight excluding hydrogens is 234 g/mol. The van der Waals surface area contributed by atoms with Gasteiger partial charge in [0.25, 0.3) is 0 Å². The van der Waals surface area contributed by atoms with E-state index >= 15 is 0 Å². The van der Waals surface area contributed by atoms with Crippen LogP contribution in [-0.2, 0) is 13.0 Å². The van der Waals surface area contributed by atoms with Crippen LogP contribution in [0.3, 0.4) is 0 Å². The Morgan fingerprint density at radius 3 is 3.00 bits per heavy atom. The van der Waals surface area contributed by atoms with E-state index in [0.29, 0.717) is 6.04 Å². The summed E-state index contributed by atoms with van der Waals surface area (Å²) in [5, 5.41) is 3.78. The van der Waals surface area contributed by atoms with Crippen molar-refractivity contribution in [3.05, 3.63) is 29.6 Å². The number of aromatic nitrogens is 1. The third-order valence-electron chi connectivity index (χ3n) is 4.29. The van der Waals surface area contributed by atoms with Crippen LogP contribution in [-0.4, -0.2) is 35.1 Å². The van der Waals surface area contributed by atoms with Gasteiger partial charge in [-0.15, -0.1) is 0 Å². The molecule has 0 amide bonds. The summed E-state index contributed by atoms with van der Waals surface area (Å²) >= 11 is 0. The van der Waals surface area contributed by atoms with E-state index in [0.717, 1.165) is 19.0 Å². The highest BCUT2D eigenvalue weighted by Gasteiger charge is 2.27. The van der Waals surface area contributed by atoms with Crippen LogP contribution in [0, 0.1) is 0 Å². The van der Waals surface area contributed by atoms with Crippen molar-refractivity contribution in [1.29, 1.82) is 0 Å². The quantitative estimate of drug-likeness (QED) is 0.880. The van der Waals surface area contributed by atoms with Gasteiger partial charge < -0.3 is 5.32 Å². The van der Waals surface area contributed by atoms with E-state index in [4.69, 9.17) is 0 Å². The maximum Gasteiger partial charge on any atom is 0.0575 e. The van der Waals surface area contributed by atoms with Crippen molar-refractivity contribution >= 4 is 0 Å². The van der Waals surface area contributed by atoms with Crippen LogP contribution < -0.4 is 5.32 Å². The molecular formula is C16H25N3. The Morgan fingerprint density at radius 1 is 1.32 bits per heavy atom. The van der Waals surface area contributed by atoms with E-state index in [1.807, 2.05) is 6.20 Å². The van der Waals surface area contributed by atoms with Crippen molar-refractivity contribution < 1.29 is 0 Å². The highest BCUT2D eigenvalue weighted by atomic mass is 15.2. The zero-order valence-electron chi connectivity index (χ0n) is 11.9. The maximum atomic E-state index is 4.58. The molecule has 0 spiro atoms. The first-order valence-corrected chi connectivity index (χ1v) is 7.76. The van der Waals surface area contributed by atoms with Crippen molar-refractivity contribution in [1.82, 2.24) is 15.2 Å². The summed E-state index contributed by atoms with van der Waals surface area (Å²) in [6.07, 6.45) is 8.45. The summed E-state index contributed by atoms with van der Waals surface area (Å²) in [5.41, 5.74) is 2.68. The average molecular weight is 259 g/mol. The van der Waals surface area contributed by atoms with Crippen molar-refractivity contribution in [3.8, 4) is 0 Å². The average Bonchev–Trinajstić information content (AvgIpc) is 3.24. The van der Waals surface area contributed by atoms with Crippen LogP contribution in [0.5, 0.6) is 0 Å². The number of pyridine rings is 1. The van der Waals surface area contributed by atoms with E-state index in [1.165, 1.54) is 50.0 Å². The first-order valence-electron chi connectivity index (χ1n) is 7.76. The van der Waals surface area contributed by atoms with Crippen LogP contribution >= 0.6 is 0 Å². The maximum absolute atomic E-state index is 4.58. The van der Waals surface area contributed by atoms with Crippen molar-refractivity contribution in [2.24, 2.45) is 0 Å². The van der Waals surface area contributed by atoms with Crippen LogP contribution in [0.1, 0.15) is 43.9 Å². The lowest BCUT2D eigenvalue weighted by molar-refractivity contribution is 0.180. The number of aryl methyl sites for hydroxylation is 1. The molecule has 3 nitrogen and oxygen atoms in total. The standard InChI is InChI=1S/C16H25N3/c1-2-13-5-3-9-17-16(13)12-19-10-4-6-15(11-19)18-14-7-8-14/h3,5,9,14-15,18H,2,4,6-8,10-12H2,1H3. The molecule has 104 valence electrons. The number of nitrogens with one attached hydrogen (secondary N) is 1. The topological polar surface area (TPSA) is 28.2 Å². The van der Waals surface area contributed by atoms with Gasteiger partial charge in [-0.3, -0.25) is 9.88 Å². The molecule has 1 atom stereocenters. The zero-order chi connectivity index (χ0) is 13.1. The number of nitrogens with zero attached hydrogens (tertiary/aromatic N) is 2. The molecule has 1 aromatic heterocycles. The van der Waals surface area contributed by atoms with Gasteiger partial charge in [-0.2, -0.15) is 0 Å². The van der Waals surface area contributed by atoms with E-state index in [2.05, 4.69) is 34.3 Å². The number of hydrogen-bond acceptors (Lipinski definition) is 3. The molecule has 0 radical (unpaired) electrons. The molecule has 1 unspecified atom stereocenters. The highest BCUT2D eigenvalue weighted by molar-refractivity contribution is 5.19. The van der Waals surface area contributed by atoms with Gasteiger partial charge in [0.2, 0.25) is 0 Å². The summed E-state index contributed by atoms with van der Waals surface area (Å²) in [6.45, 7) is 5.65. The lowest BCUT2D eigenvalue weighted by atomic mass is 10.0. The SMILES string of the molecule is CCc1cccnc1CN1CCCC(NC2CC2)C1. The molecule has 1 saturated heterocycles. The Kier molecular flexibility index (Phi) is 4.14. The largest absolute Gasteiger partial charge is 0.310 e. The second-order valence-corrected chi connectivity index (χ2v) is 5.98. The summed E-state index contributed by atoms with van der Waals surface area (Å²) < 4.78 is 0. The molecule has 2 heterocycles. The third kappa shape index (κ3) is 3.54. The second-order valence-electron chi connectivity index (χ2n) is 5.98. The van der Waals surface area contributed by atoms with E-state index in [1.54, 1.807) is 0 Å². The van der Waals surface area contributed by atoms with Crippen LogP contribution in [0.25, 0.3) is 0 Å². The summed E-state index contributed by atoms with van der Waals surface area (Å²) in [5.74, 6) is 0. The predicted molar refractivity (Wildman–Crippen MR) is 78.1 cm³/mol. The third-order valence-corrected chi connectivity index (χ3v) is 4.29. The molecule has 3 rings (SSSR count). The Labute approximate surface area is 116 Å². The van der Waals surface area contributed by atoms with Gasteiger partial charge in [-0.05, 0) is 50.3 Å². The summed E-state index contributed by atoms with van der Waals surface area (Å²) in [4.78, 5) is 7.15. The second kappa shape index (κ2) is 6.02. The van der Waals surface area contributed by atoms with E-state index < -0.39 is 0 Å². The first kappa shape index (κ1) is 13.1. The minimum Gasteiger partial charge on any atom is -0.310 e. The molecule has 0 aromatic carbocycles. The Morgan fingerprint density at radius 2 is 2.21 bits per heavy atom. The monoisotopic (exact) mass is 259 g/mol. The van der Waals surface area contributed by atoms with Gasteiger partial charge in [0.05, 0.1) is 5.69 Å². The predicted octanol–water partition coefficient (Wildman–Crippen LogP) is 2.36. The van der Waals surface area contributed by atoms with E-state index in [-0.39, 0.29) is 0 Å². The molecule has 19 heavy (non-hydrogen) atoms. The van der Waals surface area contributed by atoms with Crippen LogP contribution in [0.4, 0.5) is 0 Å². The summed E-state index contributed by atoms with van der Waals surface area (Å²) in [7, 11) is 0. The number of hydrogen-bond donors (Lipinski definition) is 1. The molecule has 0 bridgehead atoms. The first-order chi connectivity index (χ1) is 9.35. The van der Waals surface area contributed by atoms with Crippen LogP contribution in [0.2, 0.25) is 0 Å². The number of rotatable bonds is 5. The molecule has 3 heteroatoms. The fourth-order valence-corrected chi connectivity index (χ4v) is 3.07. The highest BCUT2D eigenvalue weighted by Crippen LogP contribution is 2.22. The minimum absolute atomic E-state index is 0.704. The molecule has 1 saturated carbocycles. The van der Waals surface area contributed by atoms with Gasteiger partial charge in [-0.1, -0.05) is 13.0 Å². The number of likely N-dealkylation sites (tertiary alicyclic amines) is 1. The molecule has 1 N–H and O–H groups in total. The molecule has 2 fully saturated rings. The van der Waals surface area contributed by atoms with Gasteiger partial charge in [0, 0.05) is 31.4 Å². The fraction of sp³-hybridized carbons (Fsp3) is 0.688. The van der Waals surface area contributed by atoms with Gasteiger partial charge in [-0.25, -0.2) is 0 Å². The van der Waals surface area contributed by atoms with Crippen molar-refractivity contribution in [2.75, 3.05) is 13.1 Å². The number of piperidine rings is 1. The lowest BCUT2D eigenvalue weighted by Crippen LogP contribution is -2.46. The van der Waals surface area contributed by atoms with Gasteiger partial charge >= 0.3 is 0 Å². The Balaban J connectivity index is 1.58. The molecule has 2 aliphatic rings. The van der Waals surface area contributed by atoms with Crippen molar-refractivity contribution in [3.63, 3.8) is 0 Å². The van der Waals surface area contributed by atoms with E-state index in [9.17, 15) is 0 Å².